The van der Waals surface area contributed by atoms with Gasteiger partial charge >= 0.3 is 0 Å². The van der Waals surface area contributed by atoms with Gasteiger partial charge in [-0.3, -0.25) is 14.6 Å². The number of pyridine rings is 1. The molecule has 186 valence electrons. The molecule has 1 amide bonds. The van der Waals surface area contributed by atoms with Crippen molar-refractivity contribution in [1.29, 1.82) is 0 Å². The van der Waals surface area contributed by atoms with E-state index in [0.29, 0.717) is 37.2 Å². The first-order valence-electron chi connectivity index (χ1n) is 12.8. The highest BCUT2D eigenvalue weighted by Crippen LogP contribution is 2.31. The first-order valence-corrected chi connectivity index (χ1v) is 12.8. The zero-order chi connectivity index (χ0) is 25.9. The predicted octanol–water partition coefficient (Wildman–Crippen LogP) is 6.57. The Morgan fingerprint density at radius 2 is 1.50 bits per heavy atom. The van der Waals surface area contributed by atoms with Gasteiger partial charge in [-0.1, -0.05) is 66.7 Å². The summed E-state index contributed by atoms with van der Waals surface area (Å²) >= 11 is 0. The van der Waals surface area contributed by atoms with Crippen LogP contribution >= 0.6 is 0 Å². The number of amides is 1. The molecule has 5 heteroatoms. The first kappa shape index (κ1) is 23.6. The van der Waals surface area contributed by atoms with Crippen LogP contribution in [-0.4, -0.2) is 21.2 Å². The largest absolute Gasteiger partial charge is 0.336 e. The number of carbonyl (C=O) groups is 2. The summed E-state index contributed by atoms with van der Waals surface area (Å²) in [4.78, 5) is 33.0. The van der Waals surface area contributed by atoms with Crippen molar-refractivity contribution in [3.63, 3.8) is 0 Å². The van der Waals surface area contributed by atoms with Crippen LogP contribution in [0.5, 0.6) is 0 Å². The van der Waals surface area contributed by atoms with Gasteiger partial charge in [0.2, 0.25) is 0 Å². The lowest BCUT2D eigenvalue weighted by Gasteiger charge is -2.23. The number of rotatable bonds is 6. The molecular weight excluding hydrogens is 470 g/mol. The molecule has 5 nitrogen and oxygen atoms in total. The average Bonchev–Trinajstić information content (AvgIpc) is 3.29. The summed E-state index contributed by atoms with van der Waals surface area (Å²) in [5, 5.41) is 0. The Bertz CT molecular complexity index is 1590. The molecule has 0 saturated heterocycles. The molecule has 0 aliphatic carbocycles. The molecule has 0 fully saturated rings. The molecule has 2 aromatic heterocycles. The molecule has 0 bridgehead atoms. The molecule has 3 heterocycles. The maximum absolute atomic E-state index is 13.8. The number of hydrogen-bond acceptors (Lipinski definition) is 3. The second-order valence-electron chi connectivity index (χ2n) is 9.54. The molecule has 5 aromatic rings. The standard InChI is InChI=1S/C33H27N3O2/c37-32(19-12-24-7-6-20-34-21-24)31-18-17-29-23-36(30-11-5-4-10-28(30)22-35(29)31)33(38)27-15-13-26(14-16-27)25-8-2-1-3-9-25/h1-11,13-18,20-21H,12,19,22-23H2. The van der Waals surface area contributed by atoms with Crippen LogP contribution in [0.4, 0.5) is 5.69 Å². The number of nitrogens with zero attached hydrogens (tertiary/aromatic N) is 3. The average molecular weight is 498 g/mol. The van der Waals surface area contributed by atoms with Gasteiger partial charge in [-0.15, -0.1) is 0 Å². The minimum absolute atomic E-state index is 0.0591. The Kier molecular flexibility index (Phi) is 6.40. The summed E-state index contributed by atoms with van der Waals surface area (Å²) in [6.07, 6.45) is 4.60. The van der Waals surface area contributed by atoms with Gasteiger partial charge in [-0.05, 0) is 65.1 Å². The van der Waals surface area contributed by atoms with Gasteiger partial charge in [0.05, 0.1) is 18.8 Å². The van der Waals surface area contributed by atoms with E-state index in [1.165, 1.54) is 0 Å². The highest BCUT2D eigenvalue weighted by Gasteiger charge is 2.27. The SMILES string of the molecule is O=C(CCc1cccnc1)c1ccc2n1Cc1ccccc1N(C(=O)c1ccc(-c3ccccc3)cc1)C2. The molecule has 1 aliphatic heterocycles. The van der Waals surface area contributed by atoms with Gasteiger partial charge in [0.1, 0.15) is 0 Å². The third-order valence-corrected chi connectivity index (χ3v) is 7.14. The molecule has 0 saturated carbocycles. The molecule has 38 heavy (non-hydrogen) atoms. The Morgan fingerprint density at radius 1 is 0.737 bits per heavy atom. The summed E-state index contributed by atoms with van der Waals surface area (Å²) in [6, 6.07) is 33.6. The number of Topliss-reactive ketones (excluding diaryl/α,β-unsaturated/α-hetero) is 1. The van der Waals surface area contributed by atoms with Crippen LogP contribution in [0, 0.1) is 0 Å². The summed E-state index contributed by atoms with van der Waals surface area (Å²) < 4.78 is 2.07. The maximum Gasteiger partial charge on any atom is 0.258 e. The topological polar surface area (TPSA) is 55.2 Å². The van der Waals surface area contributed by atoms with E-state index in [1.54, 1.807) is 12.4 Å². The van der Waals surface area contributed by atoms with E-state index >= 15 is 0 Å². The fourth-order valence-corrected chi connectivity index (χ4v) is 5.11. The van der Waals surface area contributed by atoms with Crippen LogP contribution in [0.1, 0.15) is 44.1 Å². The molecule has 0 unspecified atom stereocenters. The minimum Gasteiger partial charge on any atom is -0.336 e. The second-order valence-corrected chi connectivity index (χ2v) is 9.54. The first-order chi connectivity index (χ1) is 18.7. The Balaban J connectivity index is 1.28. The molecular formula is C33H27N3O2. The van der Waals surface area contributed by atoms with E-state index in [1.807, 2.05) is 95.9 Å². The molecule has 0 atom stereocenters. The van der Waals surface area contributed by atoms with Crippen LogP contribution in [0.15, 0.2) is 116 Å². The minimum atomic E-state index is -0.0591. The summed E-state index contributed by atoms with van der Waals surface area (Å²) in [7, 11) is 0. The van der Waals surface area contributed by atoms with Crippen molar-refractivity contribution >= 4 is 17.4 Å². The van der Waals surface area contributed by atoms with Crippen molar-refractivity contribution < 1.29 is 9.59 Å². The molecule has 3 aromatic carbocycles. The van der Waals surface area contributed by atoms with E-state index < -0.39 is 0 Å². The highest BCUT2D eigenvalue weighted by atomic mass is 16.2. The quantitative estimate of drug-likeness (QED) is 0.249. The number of anilines is 1. The van der Waals surface area contributed by atoms with Crippen molar-refractivity contribution in [3.8, 4) is 11.1 Å². The number of para-hydroxylation sites is 1. The summed E-state index contributed by atoms with van der Waals surface area (Å²) in [6.45, 7) is 0.940. The van der Waals surface area contributed by atoms with Crippen molar-refractivity contribution in [2.75, 3.05) is 4.90 Å². The fourth-order valence-electron chi connectivity index (χ4n) is 5.11. The molecule has 1 aliphatic rings. The van der Waals surface area contributed by atoms with E-state index in [-0.39, 0.29) is 11.7 Å². The third kappa shape index (κ3) is 4.66. The van der Waals surface area contributed by atoms with Crippen molar-refractivity contribution in [1.82, 2.24) is 9.55 Å². The Morgan fingerprint density at radius 3 is 2.29 bits per heavy atom. The van der Waals surface area contributed by atoms with Crippen LogP contribution in [0.25, 0.3) is 11.1 Å². The smallest absolute Gasteiger partial charge is 0.258 e. The molecule has 0 spiro atoms. The van der Waals surface area contributed by atoms with Crippen LogP contribution in [-0.2, 0) is 19.5 Å². The summed E-state index contributed by atoms with van der Waals surface area (Å²) in [5.74, 6) is 0.0324. The third-order valence-electron chi connectivity index (χ3n) is 7.14. The van der Waals surface area contributed by atoms with Gasteiger partial charge in [0.15, 0.2) is 5.78 Å². The Hall–Kier alpha value is -4.77. The number of benzene rings is 3. The van der Waals surface area contributed by atoms with Gasteiger partial charge in [0, 0.05) is 35.8 Å². The number of hydrogen-bond donors (Lipinski definition) is 0. The second kappa shape index (κ2) is 10.3. The summed E-state index contributed by atoms with van der Waals surface area (Å²) in [5.41, 5.74) is 7.38. The number of aryl methyl sites for hydroxylation is 1. The fraction of sp³-hybridized carbons (Fsp3) is 0.121. The van der Waals surface area contributed by atoms with Crippen LogP contribution in [0.3, 0.4) is 0 Å². The van der Waals surface area contributed by atoms with Crippen molar-refractivity contribution in [3.05, 3.63) is 144 Å². The lowest BCUT2D eigenvalue weighted by atomic mass is 10.0. The van der Waals surface area contributed by atoms with Gasteiger partial charge in [-0.2, -0.15) is 0 Å². The monoisotopic (exact) mass is 497 g/mol. The number of aromatic nitrogens is 2. The zero-order valence-electron chi connectivity index (χ0n) is 21.0. The number of fused-ring (bicyclic) bond motifs is 2. The lowest BCUT2D eigenvalue weighted by molar-refractivity contribution is 0.0971. The normalized spacial score (nSPS) is 12.4. The van der Waals surface area contributed by atoms with Gasteiger partial charge < -0.3 is 9.47 Å². The predicted molar refractivity (Wildman–Crippen MR) is 149 cm³/mol. The molecule has 6 rings (SSSR count). The lowest BCUT2D eigenvalue weighted by Crippen LogP contribution is -2.30. The van der Waals surface area contributed by atoms with Crippen LogP contribution in [0.2, 0.25) is 0 Å². The van der Waals surface area contributed by atoms with E-state index in [0.717, 1.165) is 33.6 Å². The van der Waals surface area contributed by atoms with Crippen LogP contribution < -0.4 is 4.90 Å². The van der Waals surface area contributed by atoms with E-state index in [2.05, 4.69) is 21.7 Å². The number of ketones is 1. The molecule has 0 radical (unpaired) electrons. The van der Waals surface area contributed by atoms with Crippen molar-refractivity contribution in [2.45, 2.75) is 25.9 Å². The molecule has 0 N–H and O–H groups in total. The zero-order valence-corrected chi connectivity index (χ0v) is 21.0. The van der Waals surface area contributed by atoms with Gasteiger partial charge in [0.25, 0.3) is 5.91 Å². The number of carbonyl (C=O) groups excluding carboxylic acids is 2. The Labute approximate surface area is 222 Å². The highest BCUT2D eigenvalue weighted by molar-refractivity contribution is 6.07. The van der Waals surface area contributed by atoms with E-state index in [9.17, 15) is 9.59 Å². The van der Waals surface area contributed by atoms with E-state index in [4.69, 9.17) is 0 Å². The van der Waals surface area contributed by atoms with Crippen molar-refractivity contribution in [2.24, 2.45) is 0 Å². The maximum atomic E-state index is 13.8. The van der Waals surface area contributed by atoms with Gasteiger partial charge in [-0.25, -0.2) is 0 Å².